The molecule has 2 saturated heterocycles. The van der Waals surface area contributed by atoms with E-state index in [-0.39, 0.29) is 11.7 Å². The molecule has 2 amide bonds. The van der Waals surface area contributed by atoms with E-state index in [1.165, 1.54) is 35.9 Å². The molecule has 0 radical (unpaired) electrons. The summed E-state index contributed by atoms with van der Waals surface area (Å²) in [7, 11) is 1.49. The zero-order chi connectivity index (χ0) is 22.0. The van der Waals surface area contributed by atoms with Crippen LogP contribution in [0.2, 0.25) is 0 Å². The molecule has 7 nitrogen and oxygen atoms in total. The average molecular weight is 444 g/mol. The number of nitrogens with one attached hydrogen (secondary N) is 1. The minimum atomic E-state index is -0.802. The van der Waals surface area contributed by atoms with Crippen LogP contribution >= 0.6 is 11.8 Å². The van der Waals surface area contributed by atoms with Crippen molar-refractivity contribution in [2.75, 3.05) is 24.8 Å². The Hall–Kier alpha value is -3.07. The number of esters is 1. The molecule has 2 aromatic rings. The second-order valence-electron chi connectivity index (χ2n) is 7.24. The third-order valence-corrected chi connectivity index (χ3v) is 7.02. The van der Waals surface area contributed by atoms with Crippen molar-refractivity contribution in [3.8, 4) is 5.75 Å². The van der Waals surface area contributed by atoms with Crippen molar-refractivity contribution in [2.45, 2.75) is 23.8 Å². The van der Waals surface area contributed by atoms with E-state index in [1.54, 1.807) is 36.4 Å². The molecule has 0 aromatic heterocycles. The summed E-state index contributed by atoms with van der Waals surface area (Å²) in [6.07, 6.45) is 0.822. The van der Waals surface area contributed by atoms with Gasteiger partial charge in [-0.15, -0.1) is 11.8 Å². The van der Waals surface area contributed by atoms with Gasteiger partial charge in [0.2, 0.25) is 5.91 Å². The number of carbonyl (C=O) groups is 3. The molecule has 162 valence electrons. The van der Waals surface area contributed by atoms with Gasteiger partial charge in [0.05, 0.1) is 12.8 Å². The van der Waals surface area contributed by atoms with Gasteiger partial charge in [0.25, 0.3) is 5.91 Å². The number of rotatable bonds is 6. The van der Waals surface area contributed by atoms with E-state index in [2.05, 4.69) is 5.32 Å². The van der Waals surface area contributed by atoms with Crippen LogP contribution in [0.4, 0.5) is 10.1 Å². The topological polar surface area (TPSA) is 84.9 Å². The van der Waals surface area contributed by atoms with E-state index >= 15 is 0 Å². The number of nitrogens with zero attached hydrogens (tertiary/aromatic N) is 1. The van der Waals surface area contributed by atoms with E-state index in [4.69, 9.17) is 9.47 Å². The highest BCUT2D eigenvalue weighted by Crippen LogP contribution is 2.54. The number of carbonyl (C=O) groups excluding carboxylic acids is 3. The molecule has 0 aliphatic carbocycles. The molecule has 2 aliphatic heterocycles. The molecular formula is C22H21FN2O5S. The molecule has 2 fully saturated rings. The molecule has 4 rings (SSSR count). The van der Waals surface area contributed by atoms with Gasteiger partial charge in [0.1, 0.15) is 22.5 Å². The Labute approximate surface area is 182 Å². The lowest BCUT2D eigenvalue weighted by atomic mass is 10.0. The van der Waals surface area contributed by atoms with E-state index in [0.29, 0.717) is 30.0 Å². The van der Waals surface area contributed by atoms with Crippen LogP contribution in [-0.4, -0.2) is 48.2 Å². The zero-order valence-corrected chi connectivity index (χ0v) is 17.6. The molecule has 31 heavy (non-hydrogen) atoms. The van der Waals surface area contributed by atoms with Crippen molar-refractivity contribution in [3.05, 3.63) is 59.9 Å². The summed E-state index contributed by atoms with van der Waals surface area (Å²) in [5, 5.41) is 2.64. The Balaban J connectivity index is 1.42. The Morgan fingerprint density at radius 2 is 1.97 bits per heavy atom. The predicted molar refractivity (Wildman–Crippen MR) is 113 cm³/mol. The number of benzene rings is 2. The lowest BCUT2D eigenvalue weighted by molar-refractivity contribution is -0.155. The standard InChI is InChI=1S/C22H21FN2O5S/c1-29-18-5-3-2-4-16(18)24-19(26)12-30-21(28)17-13-31-22(11-10-20(27)25(17)22)14-6-8-15(23)9-7-14/h2-9,17H,10-13H2,1H3,(H,24,26)/t17-,22-/m1/s1. The molecule has 1 N–H and O–H groups in total. The van der Waals surface area contributed by atoms with Crippen molar-refractivity contribution in [2.24, 2.45) is 0 Å². The number of amides is 2. The average Bonchev–Trinajstić information content (AvgIpc) is 3.32. The maximum absolute atomic E-state index is 13.4. The monoisotopic (exact) mass is 444 g/mol. The maximum atomic E-state index is 13.4. The summed E-state index contributed by atoms with van der Waals surface area (Å²) in [4.78, 5) is 38.4. The van der Waals surface area contributed by atoms with Crippen LogP contribution in [0.3, 0.4) is 0 Å². The number of fused-ring (bicyclic) bond motifs is 1. The highest BCUT2D eigenvalue weighted by molar-refractivity contribution is 8.00. The lowest BCUT2D eigenvalue weighted by Crippen LogP contribution is -2.47. The molecule has 0 spiro atoms. The van der Waals surface area contributed by atoms with Crippen LogP contribution in [0.15, 0.2) is 48.5 Å². The van der Waals surface area contributed by atoms with Gasteiger partial charge in [0.15, 0.2) is 6.61 Å². The summed E-state index contributed by atoms with van der Waals surface area (Å²) in [5.74, 6) is -0.842. The normalized spacial score (nSPS) is 22.2. The summed E-state index contributed by atoms with van der Waals surface area (Å²) >= 11 is 1.47. The van der Waals surface area contributed by atoms with Gasteiger partial charge in [-0.3, -0.25) is 9.59 Å². The summed E-state index contributed by atoms with van der Waals surface area (Å²) < 4.78 is 23.8. The molecule has 0 unspecified atom stereocenters. The largest absolute Gasteiger partial charge is 0.495 e. The highest BCUT2D eigenvalue weighted by Gasteiger charge is 2.57. The fraction of sp³-hybridized carbons (Fsp3) is 0.318. The van der Waals surface area contributed by atoms with E-state index in [9.17, 15) is 18.8 Å². The van der Waals surface area contributed by atoms with Crippen LogP contribution in [-0.2, 0) is 24.0 Å². The third kappa shape index (κ3) is 3.97. The Morgan fingerprint density at radius 1 is 1.23 bits per heavy atom. The minimum absolute atomic E-state index is 0.158. The van der Waals surface area contributed by atoms with Crippen molar-refractivity contribution in [3.63, 3.8) is 0 Å². The molecule has 0 saturated carbocycles. The van der Waals surface area contributed by atoms with Gasteiger partial charge in [-0.1, -0.05) is 24.3 Å². The lowest BCUT2D eigenvalue weighted by Gasteiger charge is -2.33. The van der Waals surface area contributed by atoms with E-state index in [1.807, 2.05) is 0 Å². The number of para-hydroxylation sites is 2. The van der Waals surface area contributed by atoms with Gasteiger partial charge < -0.3 is 19.7 Å². The SMILES string of the molecule is COc1ccccc1NC(=O)COC(=O)[C@H]1CS[C@@]2(c3ccc(F)cc3)CCC(=O)N12. The number of hydrogen-bond donors (Lipinski definition) is 1. The third-order valence-electron chi connectivity index (χ3n) is 5.42. The van der Waals surface area contributed by atoms with Crippen molar-refractivity contribution < 1.29 is 28.2 Å². The first-order chi connectivity index (χ1) is 14.9. The molecule has 2 atom stereocenters. The number of hydrogen-bond acceptors (Lipinski definition) is 6. The fourth-order valence-electron chi connectivity index (χ4n) is 3.99. The number of methoxy groups -OCH3 is 1. The van der Waals surface area contributed by atoms with Gasteiger partial charge in [0, 0.05) is 12.2 Å². The van der Waals surface area contributed by atoms with Gasteiger partial charge in [-0.2, -0.15) is 0 Å². The molecule has 2 heterocycles. The van der Waals surface area contributed by atoms with Crippen LogP contribution in [0.25, 0.3) is 0 Å². The minimum Gasteiger partial charge on any atom is -0.495 e. The molecular weight excluding hydrogens is 423 g/mol. The highest BCUT2D eigenvalue weighted by atomic mass is 32.2. The van der Waals surface area contributed by atoms with Crippen LogP contribution in [0, 0.1) is 5.82 Å². The number of ether oxygens (including phenoxy) is 2. The summed E-state index contributed by atoms with van der Waals surface area (Å²) in [5.41, 5.74) is 1.24. The van der Waals surface area contributed by atoms with Crippen molar-refractivity contribution in [1.82, 2.24) is 4.90 Å². The summed E-state index contributed by atoms with van der Waals surface area (Å²) in [6, 6.07) is 12.1. The Bertz CT molecular complexity index is 1020. The van der Waals surface area contributed by atoms with Crippen LogP contribution in [0.1, 0.15) is 18.4 Å². The zero-order valence-electron chi connectivity index (χ0n) is 16.8. The number of anilines is 1. The quantitative estimate of drug-likeness (QED) is 0.690. The smallest absolute Gasteiger partial charge is 0.330 e. The molecule has 9 heteroatoms. The van der Waals surface area contributed by atoms with Gasteiger partial charge >= 0.3 is 5.97 Å². The first kappa shape index (κ1) is 21.2. The number of halogens is 1. The number of thioether (sulfide) groups is 1. The van der Waals surface area contributed by atoms with E-state index in [0.717, 1.165) is 5.56 Å². The second-order valence-corrected chi connectivity index (χ2v) is 8.54. The Kier molecular flexibility index (Phi) is 5.86. The molecule has 0 bridgehead atoms. The predicted octanol–water partition coefficient (Wildman–Crippen LogP) is 2.91. The first-order valence-corrected chi connectivity index (χ1v) is 10.7. The Morgan fingerprint density at radius 3 is 2.71 bits per heavy atom. The van der Waals surface area contributed by atoms with Gasteiger partial charge in [-0.25, -0.2) is 9.18 Å². The molecule has 2 aliphatic rings. The molecule has 2 aromatic carbocycles. The first-order valence-electron chi connectivity index (χ1n) is 9.76. The van der Waals surface area contributed by atoms with Crippen molar-refractivity contribution in [1.29, 1.82) is 0 Å². The van der Waals surface area contributed by atoms with Gasteiger partial charge in [-0.05, 0) is 36.2 Å². The van der Waals surface area contributed by atoms with Crippen LogP contribution < -0.4 is 10.1 Å². The van der Waals surface area contributed by atoms with Crippen molar-refractivity contribution >= 4 is 35.2 Å². The fourth-order valence-corrected chi connectivity index (χ4v) is 5.63. The van der Waals surface area contributed by atoms with E-state index < -0.39 is 29.4 Å². The van der Waals surface area contributed by atoms with Crippen LogP contribution in [0.5, 0.6) is 5.75 Å². The summed E-state index contributed by atoms with van der Waals surface area (Å²) in [6.45, 7) is -0.483. The maximum Gasteiger partial charge on any atom is 0.330 e. The second kappa shape index (κ2) is 8.58.